The number of thioether (sulfide) groups is 1. The number of rotatable bonds is 15. The van der Waals surface area contributed by atoms with Crippen molar-refractivity contribution in [2.75, 3.05) is 23.7 Å². The zero-order chi connectivity index (χ0) is 33.1. The average Bonchev–Trinajstić information content (AvgIpc) is 3.07. The lowest BCUT2D eigenvalue weighted by atomic mass is 10.0. The zero-order valence-corrected chi connectivity index (χ0v) is 28.7. The highest BCUT2D eigenvalue weighted by Gasteiger charge is 2.34. The van der Waals surface area contributed by atoms with Gasteiger partial charge in [0, 0.05) is 29.4 Å². The molecule has 0 bridgehead atoms. The van der Waals surface area contributed by atoms with Gasteiger partial charge in [-0.2, -0.15) is 0 Å². The predicted octanol–water partition coefficient (Wildman–Crippen LogP) is 7.12. The van der Waals surface area contributed by atoms with Gasteiger partial charge >= 0.3 is 0 Å². The number of anilines is 1. The molecule has 0 saturated heterocycles. The predicted molar refractivity (Wildman–Crippen MR) is 188 cm³/mol. The van der Waals surface area contributed by atoms with Gasteiger partial charge in [0.25, 0.3) is 10.0 Å². The van der Waals surface area contributed by atoms with E-state index in [2.05, 4.69) is 5.32 Å². The number of nitrogens with one attached hydrogen (secondary N) is 1. The van der Waals surface area contributed by atoms with Crippen LogP contribution in [-0.2, 0) is 32.6 Å². The first-order chi connectivity index (χ1) is 22.1. The number of hydrogen-bond donors (Lipinski definition) is 1. The molecule has 0 aliphatic rings. The van der Waals surface area contributed by atoms with Crippen LogP contribution in [0.15, 0.2) is 113 Å². The molecular formula is C36H40ClN3O4S2. The molecular weight excluding hydrogens is 638 g/mol. The van der Waals surface area contributed by atoms with E-state index in [0.717, 1.165) is 33.2 Å². The number of carbonyl (C=O) groups excluding carboxylic acids is 2. The van der Waals surface area contributed by atoms with Crippen LogP contribution in [0.3, 0.4) is 0 Å². The summed E-state index contributed by atoms with van der Waals surface area (Å²) in [5.41, 5.74) is 2.81. The molecule has 0 fully saturated rings. The molecule has 0 aromatic heterocycles. The molecule has 2 amide bonds. The van der Waals surface area contributed by atoms with Crippen molar-refractivity contribution >= 4 is 50.9 Å². The normalized spacial score (nSPS) is 11.9. The van der Waals surface area contributed by atoms with Gasteiger partial charge < -0.3 is 10.2 Å². The summed E-state index contributed by atoms with van der Waals surface area (Å²) >= 11 is 8.07. The standard InChI is InChI=1S/C36H40ClN3O4S2/c1-4-5-23-38-36(42)34(24-28-11-7-6-8-12-28)39(25-29-13-9-10-14-33(29)37)35(41)26-40(30-17-15-27(2)16-18-30)46(43,44)32-21-19-31(45-3)20-22-32/h6-22,34H,4-5,23-26H2,1-3H3,(H,38,42)/t34-/m0/s1. The van der Waals surface area contributed by atoms with Crippen molar-refractivity contribution < 1.29 is 18.0 Å². The van der Waals surface area contributed by atoms with Crippen molar-refractivity contribution in [2.24, 2.45) is 0 Å². The van der Waals surface area contributed by atoms with Gasteiger partial charge in [-0.25, -0.2) is 8.42 Å². The molecule has 7 nitrogen and oxygen atoms in total. The first kappa shape index (κ1) is 35.1. The first-order valence-corrected chi connectivity index (χ1v) is 18.3. The summed E-state index contributed by atoms with van der Waals surface area (Å²) in [4.78, 5) is 30.8. The number of benzene rings is 4. The van der Waals surface area contributed by atoms with Crippen molar-refractivity contribution in [1.82, 2.24) is 10.2 Å². The third-order valence-electron chi connectivity index (χ3n) is 7.65. The van der Waals surface area contributed by atoms with Crippen LogP contribution in [0.5, 0.6) is 0 Å². The summed E-state index contributed by atoms with van der Waals surface area (Å²) in [6.45, 7) is 3.90. The Morgan fingerprint density at radius 3 is 2.17 bits per heavy atom. The van der Waals surface area contributed by atoms with Gasteiger partial charge in [-0.05, 0) is 73.2 Å². The van der Waals surface area contributed by atoms with Crippen molar-refractivity contribution in [2.45, 2.75) is 55.5 Å². The van der Waals surface area contributed by atoms with E-state index in [9.17, 15) is 18.0 Å². The molecule has 1 N–H and O–H groups in total. The highest BCUT2D eigenvalue weighted by atomic mass is 35.5. The third kappa shape index (κ3) is 9.15. The fourth-order valence-electron chi connectivity index (χ4n) is 4.98. The smallest absolute Gasteiger partial charge is 0.264 e. The van der Waals surface area contributed by atoms with E-state index in [1.165, 1.54) is 16.7 Å². The van der Waals surface area contributed by atoms with Crippen LogP contribution in [-0.4, -0.2) is 50.5 Å². The second kappa shape index (κ2) is 16.7. The molecule has 0 heterocycles. The topological polar surface area (TPSA) is 86.8 Å². The Morgan fingerprint density at radius 1 is 0.891 bits per heavy atom. The number of sulfonamides is 1. The van der Waals surface area contributed by atoms with E-state index in [4.69, 9.17) is 11.6 Å². The van der Waals surface area contributed by atoms with Crippen LogP contribution in [0.25, 0.3) is 0 Å². The Labute approximate surface area is 282 Å². The van der Waals surface area contributed by atoms with Gasteiger partial charge in [-0.3, -0.25) is 13.9 Å². The number of nitrogens with zero attached hydrogens (tertiary/aromatic N) is 2. The third-order valence-corrected chi connectivity index (χ3v) is 10.5. The summed E-state index contributed by atoms with van der Waals surface area (Å²) in [6.07, 6.45) is 3.84. The molecule has 0 radical (unpaired) electrons. The average molecular weight is 678 g/mol. The minimum absolute atomic E-state index is 0.0153. The Kier molecular flexibility index (Phi) is 12.7. The lowest BCUT2D eigenvalue weighted by Gasteiger charge is -2.34. The second-order valence-corrected chi connectivity index (χ2v) is 14.1. The molecule has 4 aromatic carbocycles. The molecule has 0 unspecified atom stereocenters. The molecule has 0 spiro atoms. The van der Waals surface area contributed by atoms with Crippen LogP contribution in [0.2, 0.25) is 5.02 Å². The maximum absolute atomic E-state index is 14.5. The molecule has 0 aliphatic carbocycles. The number of carbonyl (C=O) groups is 2. The molecule has 1 atom stereocenters. The summed E-state index contributed by atoms with van der Waals surface area (Å²) in [5, 5.41) is 3.44. The highest BCUT2D eigenvalue weighted by molar-refractivity contribution is 7.98. The zero-order valence-electron chi connectivity index (χ0n) is 26.4. The summed E-state index contributed by atoms with van der Waals surface area (Å²) in [5.74, 6) is -0.841. The van der Waals surface area contributed by atoms with Crippen LogP contribution < -0.4 is 9.62 Å². The van der Waals surface area contributed by atoms with Crippen LogP contribution in [0, 0.1) is 6.92 Å². The fourth-order valence-corrected chi connectivity index (χ4v) is 7.00. The molecule has 46 heavy (non-hydrogen) atoms. The van der Waals surface area contributed by atoms with Gasteiger partial charge in [0.05, 0.1) is 10.6 Å². The number of hydrogen-bond acceptors (Lipinski definition) is 5. The lowest BCUT2D eigenvalue weighted by Crippen LogP contribution is -2.53. The minimum atomic E-state index is -4.17. The summed E-state index contributed by atoms with van der Waals surface area (Å²) in [7, 11) is -4.17. The Balaban J connectivity index is 1.79. The number of halogens is 1. The van der Waals surface area contributed by atoms with Gasteiger partial charge in [0.1, 0.15) is 12.6 Å². The van der Waals surface area contributed by atoms with Gasteiger partial charge in [0.2, 0.25) is 11.8 Å². The van der Waals surface area contributed by atoms with E-state index in [0.29, 0.717) is 22.8 Å². The molecule has 242 valence electrons. The number of unbranched alkanes of at least 4 members (excludes halogenated alkanes) is 1. The second-order valence-electron chi connectivity index (χ2n) is 11.0. The molecule has 10 heteroatoms. The van der Waals surface area contributed by atoms with Crippen molar-refractivity contribution in [3.05, 3.63) is 125 Å². The Hall–Kier alpha value is -3.79. The maximum Gasteiger partial charge on any atom is 0.264 e. The molecule has 0 saturated carbocycles. The van der Waals surface area contributed by atoms with Gasteiger partial charge in [-0.15, -0.1) is 11.8 Å². The molecule has 0 aliphatic heterocycles. The van der Waals surface area contributed by atoms with Crippen molar-refractivity contribution in [3.63, 3.8) is 0 Å². The lowest BCUT2D eigenvalue weighted by molar-refractivity contribution is -0.140. The molecule has 4 rings (SSSR count). The van der Waals surface area contributed by atoms with Crippen molar-refractivity contribution in [1.29, 1.82) is 0 Å². The van der Waals surface area contributed by atoms with E-state index in [1.807, 2.05) is 56.5 Å². The summed E-state index contributed by atoms with van der Waals surface area (Å²) < 4.78 is 29.5. The quantitative estimate of drug-likeness (QED) is 0.107. The van der Waals surface area contributed by atoms with E-state index in [-0.39, 0.29) is 23.8 Å². The highest BCUT2D eigenvalue weighted by Crippen LogP contribution is 2.27. The van der Waals surface area contributed by atoms with E-state index >= 15 is 0 Å². The monoisotopic (exact) mass is 677 g/mol. The van der Waals surface area contributed by atoms with Gasteiger partial charge in [0.15, 0.2) is 0 Å². The Morgan fingerprint density at radius 2 is 1.54 bits per heavy atom. The van der Waals surface area contributed by atoms with Gasteiger partial charge in [-0.1, -0.05) is 91.2 Å². The largest absolute Gasteiger partial charge is 0.354 e. The SMILES string of the molecule is CCCCNC(=O)[C@H](Cc1ccccc1)N(Cc1ccccc1Cl)C(=O)CN(c1ccc(C)cc1)S(=O)(=O)c1ccc(SC)cc1. The van der Waals surface area contributed by atoms with Crippen LogP contribution in [0.1, 0.15) is 36.5 Å². The minimum Gasteiger partial charge on any atom is -0.354 e. The summed E-state index contributed by atoms with van der Waals surface area (Å²) in [6, 6.07) is 29.3. The van der Waals surface area contributed by atoms with E-state index in [1.54, 1.807) is 66.7 Å². The van der Waals surface area contributed by atoms with Crippen LogP contribution in [0.4, 0.5) is 5.69 Å². The maximum atomic E-state index is 14.5. The number of amides is 2. The first-order valence-electron chi connectivity index (χ1n) is 15.2. The number of aryl methyl sites for hydroxylation is 1. The fraction of sp³-hybridized carbons (Fsp3) is 0.278. The van der Waals surface area contributed by atoms with Crippen molar-refractivity contribution in [3.8, 4) is 0 Å². The van der Waals surface area contributed by atoms with E-state index < -0.39 is 28.5 Å². The Bertz CT molecular complexity index is 1700. The van der Waals surface area contributed by atoms with Crippen LogP contribution >= 0.6 is 23.4 Å². The molecule has 4 aromatic rings.